The van der Waals surface area contributed by atoms with Crippen molar-refractivity contribution in [2.75, 3.05) is 10.6 Å². The van der Waals surface area contributed by atoms with Gasteiger partial charge in [0, 0.05) is 17.7 Å². The van der Waals surface area contributed by atoms with Crippen LogP contribution in [0.15, 0.2) is 59.1 Å². The van der Waals surface area contributed by atoms with Crippen molar-refractivity contribution in [3.8, 4) is 17.2 Å². The van der Waals surface area contributed by atoms with E-state index in [9.17, 15) is 32.7 Å². The zero-order chi connectivity index (χ0) is 28.3. The number of carbonyl (C=O) groups excluding carboxylic acids is 2. The van der Waals surface area contributed by atoms with Gasteiger partial charge in [0.25, 0.3) is 5.91 Å². The number of rotatable bonds is 7. The lowest BCUT2D eigenvalue weighted by molar-refractivity contribution is -0.137. The first-order valence-electron chi connectivity index (χ1n) is 11.5. The molecule has 0 atom stereocenters. The second-order valence-corrected chi connectivity index (χ2v) is 8.40. The van der Waals surface area contributed by atoms with Gasteiger partial charge in [0.1, 0.15) is 0 Å². The summed E-state index contributed by atoms with van der Waals surface area (Å²) in [5.74, 6) is -2.72. The smallest absolute Gasteiger partial charge is 0.417 e. The monoisotopic (exact) mass is 536 g/mol. The van der Waals surface area contributed by atoms with E-state index in [4.69, 9.17) is 9.78 Å². The van der Waals surface area contributed by atoms with Crippen LogP contribution in [0.25, 0.3) is 22.1 Å². The molecule has 0 unspecified atom stereocenters. The molecule has 0 aliphatic heterocycles. The van der Waals surface area contributed by atoms with Crippen molar-refractivity contribution in [2.24, 2.45) is 0 Å². The highest BCUT2D eigenvalue weighted by molar-refractivity contribution is 6.14. The first-order valence-corrected chi connectivity index (χ1v) is 11.5. The minimum atomic E-state index is -4.69. The summed E-state index contributed by atoms with van der Waals surface area (Å²) in [4.78, 5) is 37.1. The molecular formula is C27H19F3N4O5. The van der Waals surface area contributed by atoms with Crippen molar-refractivity contribution in [1.29, 1.82) is 5.26 Å². The molecule has 4 aromatic rings. The molecule has 0 fully saturated rings. The molecule has 0 radical (unpaired) electrons. The number of nitriles is 1. The maximum Gasteiger partial charge on any atom is 0.417 e. The van der Waals surface area contributed by atoms with E-state index in [1.807, 2.05) is 6.07 Å². The molecule has 1 heterocycles. The first-order chi connectivity index (χ1) is 18.5. The summed E-state index contributed by atoms with van der Waals surface area (Å²) < 4.78 is 46.6. The summed E-state index contributed by atoms with van der Waals surface area (Å²) in [7, 11) is 0. The van der Waals surface area contributed by atoms with Gasteiger partial charge in [-0.1, -0.05) is 30.3 Å². The number of benzene rings is 3. The maximum atomic E-state index is 13.8. The molecule has 0 aliphatic rings. The van der Waals surface area contributed by atoms with E-state index in [0.717, 1.165) is 12.1 Å². The van der Waals surface area contributed by atoms with Gasteiger partial charge in [-0.25, -0.2) is 4.79 Å². The fourth-order valence-corrected chi connectivity index (χ4v) is 3.96. The number of hydrogen-bond donors (Lipinski definition) is 3. The highest BCUT2D eigenvalue weighted by Gasteiger charge is 2.34. The van der Waals surface area contributed by atoms with Crippen molar-refractivity contribution in [3.05, 3.63) is 77.0 Å². The number of aromatic nitrogens is 1. The molecule has 9 nitrogen and oxygen atoms in total. The van der Waals surface area contributed by atoms with Gasteiger partial charge in [0.2, 0.25) is 5.91 Å². The van der Waals surface area contributed by atoms with E-state index in [-0.39, 0.29) is 56.7 Å². The standard InChI is InChI=1S/C27H19F3N4O5/c1-2-5-23(35)32-21-11-18-22(12-16(21)15-6-3-4-7-19(15)27(28,29)30)39-34-24(18)25(36)33-20-9-8-14(13-31)10-17(20)26(37)38/h3-4,6-12H,2,5H2,1H3,(H,32,35)(H,33,36)(H,37,38). The normalized spacial score (nSPS) is 11.2. The third-order valence-corrected chi connectivity index (χ3v) is 5.73. The van der Waals surface area contributed by atoms with Crippen LogP contribution in [0.4, 0.5) is 24.5 Å². The van der Waals surface area contributed by atoms with Crippen molar-refractivity contribution >= 4 is 40.1 Å². The van der Waals surface area contributed by atoms with Gasteiger partial charge in [-0.3, -0.25) is 9.59 Å². The summed E-state index contributed by atoms with van der Waals surface area (Å²) in [6.45, 7) is 1.76. The van der Waals surface area contributed by atoms with Crippen LogP contribution in [0.1, 0.15) is 51.7 Å². The molecule has 4 rings (SSSR count). The van der Waals surface area contributed by atoms with Crippen LogP contribution in [-0.2, 0) is 11.0 Å². The number of hydrogen-bond acceptors (Lipinski definition) is 6. The van der Waals surface area contributed by atoms with Crippen molar-refractivity contribution in [2.45, 2.75) is 25.9 Å². The van der Waals surface area contributed by atoms with E-state index in [1.54, 1.807) is 6.92 Å². The summed E-state index contributed by atoms with van der Waals surface area (Å²) >= 11 is 0. The third-order valence-electron chi connectivity index (χ3n) is 5.73. The van der Waals surface area contributed by atoms with Crippen LogP contribution in [-0.4, -0.2) is 28.0 Å². The van der Waals surface area contributed by atoms with Gasteiger partial charge in [0.05, 0.1) is 33.8 Å². The number of amides is 2. The van der Waals surface area contributed by atoms with Crippen LogP contribution in [0, 0.1) is 11.3 Å². The fourth-order valence-electron chi connectivity index (χ4n) is 3.96. The molecular weight excluding hydrogens is 517 g/mol. The molecule has 3 N–H and O–H groups in total. The minimum Gasteiger partial charge on any atom is -0.478 e. The van der Waals surface area contributed by atoms with Crippen molar-refractivity contribution in [3.63, 3.8) is 0 Å². The predicted octanol–water partition coefficient (Wildman–Crippen LogP) is 6.07. The zero-order valence-corrected chi connectivity index (χ0v) is 20.2. The number of carboxylic acid groups (broad SMARTS) is 1. The zero-order valence-electron chi connectivity index (χ0n) is 20.2. The number of anilines is 2. The number of alkyl halides is 3. The average molecular weight is 536 g/mol. The second-order valence-electron chi connectivity index (χ2n) is 8.40. The highest BCUT2D eigenvalue weighted by atomic mass is 19.4. The van der Waals surface area contributed by atoms with Gasteiger partial charge >= 0.3 is 12.1 Å². The molecule has 0 aliphatic carbocycles. The number of fused-ring (bicyclic) bond motifs is 1. The van der Waals surface area contributed by atoms with Gasteiger partial charge < -0.3 is 20.3 Å². The van der Waals surface area contributed by atoms with Gasteiger partial charge in [-0.2, -0.15) is 18.4 Å². The lowest BCUT2D eigenvalue weighted by atomic mass is 9.96. The summed E-state index contributed by atoms with van der Waals surface area (Å²) in [5, 5.41) is 27.3. The first kappa shape index (κ1) is 26.9. The van der Waals surface area contributed by atoms with E-state index in [0.29, 0.717) is 6.42 Å². The molecule has 0 saturated heterocycles. The van der Waals surface area contributed by atoms with Gasteiger partial charge in [-0.05, 0) is 48.4 Å². The number of halogens is 3. The molecule has 39 heavy (non-hydrogen) atoms. The Kier molecular flexibility index (Phi) is 7.35. The number of nitrogens with zero attached hydrogens (tertiary/aromatic N) is 2. The van der Waals surface area contributed by atoms with E-state index < -0.39 is 29.5 Å². The van der Waals surface area contributed by atoms with Crippen molar-refractivity contribution in [1.82, 2.24) is 5.16 Å². The number of carboxylic acids is 1. The Morgan fingerprint density at radius 3 is 2.44 bits per heavy atom. The molecule has 2 amide bonds. The lowest BCUT2D eigenvalue weighted by Gasteiger charge is -2.16. The minimum absolute atomic E-state index is 0.000465. The maximum absolute atomic E-state index is 13.8. The Bertz CT molecular complexity index is 1650. The molecule has 3 aromatic carbocycles. The molecule has 0 saturated carbocycles. The molecule has 12 heteroatoms. The Hall–Kier alpha value is -5.18. The van der Waals surface area contributed by atoms with Crippen LogP contribution in [0.2, 0.25) is 0 Å². The number of carbonyl (C=O) groups is 3. The van der Waals surface area contributed by atoms with Gasteiger partial charge in [0.15, 0.2) is 11.3 Å². The molecule has 0 spiro atoms. The Morgan fingerprint density at radius 1 is 1.03 bits per heavy atom. The predicted molar refractivity (Wildman–Crippen MR) is 134 cm³/mol. The highest BCUT2D eigenvalue weighted by Crippen LogP contribution is 2.41. The van der Waals surface area contributed by atoms with E-state index in [2.05, 4.69) is 15.8 Å². The summed E-state index contributed by atoms with van der Waals surface area (Å²) in [6, 6.07) is 12.8. The SMILES string of the molecule is CCCC(=O)Nc1cc2c(C(=O)Nc3ccc(C#N)cc3C(=O)O)noc2cc1-c1ccccc1C(F)(F)F. The Labute approximate surface area is 218 Å². The van der Waals surface area contributed by atoms with E-state index in [1.165, 1.54) is 42.5 Å². The molecule has 198 valence electrons. The molecule has 0 bridgehead atoms. The molecule has 1 aromatic heterocycles. The lowest BCUT2D eigenvalue weighted by Crippen LogP contribution is -2.16. The van der Waals surface area contributed by atoms with Crippen LogP contribution >= 0.6 is 0 Å². The van der Waals surface area contributed by atoms with Crippen LogP contribution < -0.4 is 10.6 Å². The van der Waals surface area contributed by atoms with Crippen molar-refractivity contribution < 1.29 is 37.2 Å². The quantitative estimate of drug-likeness (QED) is 0.260. The average Bonchev–Trinajstić information content (AvgIpc) is 3.31. The number of nitrogens with one attached hydrogen (secondary N) is 2. The summed E-state index contributed by atoms with van der Waals surface area (Å²) in [5.41, 5.74) is -1.88. The largest absolute Gasteiger partial charge is 0.478 e. The third kappa shape index (κ3) is 5.57. The summed E-state index contributed by atoms with van der Waals surface area (Å²) in [6.07, 6.45) is -4.10. The fraction of sp³-hybridized carbons (Fsp3) is 0.148. The van der Waals surface area contributed by atoms with Gasteiger partial charge in [-0.15, -0.1) is 0 Å². The number of aromatic carboxylic acids is 1. The van der Waals surface area contributed by atoms with Crippen LogP contribution in [0.3, 0.4) is 0 Å². The second kappa shape index (κ2) is 10.7. The van der Waals surface area contributed by atoms with E-state index >= 15 is 0 Å². The Balaban J connectivity index is 1.83. The topological polar surface area (TPSA) is 145 Å². The van der Waals surface area contributed by atoms with Crippen LogP contribution in [0.5, 0.6) is 0 Å². The Morgan fingerprint density at radius 2 is 1.77 bits per heavy atom.